The van der Waals surface area contributed by atoms with E-state index < -0.39 is 0 Å². The quantitative estimate of drug-likeness (QED) is 0.575. The van der Waals surface area contributed by atoms with E-state index in [-0.39, 0.29) is 0 Å². The molecule has 4 rings (SSSR count). The molecule has 0 unspecified atom stereocenters. The maximum absolute atomic E-state index is 7.55. The van der Waals surface area contributed by atoms with E-state index in [4.69, 9.17) is 5.41 Å². The molecule has 12 heavy (non-hydrogen) atoms. The van der Waals surface area contributed by atoms with Gasteiger partial charge in [-0.05, 0) is 56.3 Å². The zero-order valence-corrected chi connectivity index (χ0v) is 7.55. The monoisotopic (exact) mass is 163 g/mol. The van der Waals surface area contributed by atoms with Crippen molar-refractivity contribution in [1.82, 2.24) is 0 Å². The summed E-state index contributed by atoms with van der Waals surface area (Å²) in [6.45, 7) is 0. The van der Waals surface area contributed by atoms with E-state index in [1.807, 2.05) is 0 Å². The molecule has 4 fully saturated rings. The summed E-state index contributed by atoms with van der Waals surface area (Å²) in [5.74, 6) is 2.99. The summed E-state index contributed by atoms with van der Waals surface area (Å²) in [7, 11) is 0. The van der Waals surface area contributed by atoms with E-state index in [0.29, 0.717) is 5.41 Å². The van der Waals surface area contributed by atoms with Crippen LogP contribution in [0.5, 0.6) is 0 Å². The number of hydrogen-bond donors (Lipinski definition) is 1. The Labute approximate surface area is 74.1 Å². The van der Waals surface area contributed by atoms with E-state index in [1.54, 1.807) is 6.21 Å². The molecule has 0 aromatic rings. The van der Waals surface area contributed by atoms with Gasteiger partial charge in [-0.1, -0.05) is 0 Å². The maximum atomic E-state index is 7.55. The normalized spacial score (nSPS) is 55.8. The van der Waals surface area contributed by atoms with Crippen molar-refractivity contribution in [1.29, 1.82) is 5.41 Å². The average molecular weight is 163 g/mol. The van der Waals surface area contributed by atoms with Gasteiger partial charge in [-0.25, -0.2) is 0 Å². The predicted octanol–water partition coefficient (Wildman–Crippen LogP) is 2.85. The summed E-state index contributed by atoms with van der Waals surface area (Å²) < 4.78 is 0. The zero-order valence-electron chi connectivity index (χ0n) is 7.55. The third-order valence-electron chi connectivity index (χ3n) is 4.39. The zero-order chi connectivity index (χ0) is 8.18. The Balaban J connectivity index is 1.95. The first-order valence-corrected chi connectivity index (χ1v) is 5.31. The van der Waals surface area contributed by atoms with Crippen molar-refractivity contribution in [3.63, 3.8) is 0 Å². The molecule has 4 bridgehead atoms. The molecule has 1 nitrogen and oxygen atoms in total. The fourth-order valence-corrected chi connectivity index (χ4v) is 4.35. The summed E-state index contributed by atoms with van der Waals surface area (Å²) in [6, 6.07) is 0. The standard InChI is InChI=1S/C11H17N/c12-7-11-4-8-1-9(5-11)3-10(2-8)6-11/h7-10,12H,1-6H2. The van der Waals surface area contributed by atoms with Crippen LogP contribution in [0.1, 0.15) is 38.5 Å². The number of hydrogen-bond acceptors (Lipinski definition) is 1. The number of nitrogens with one attached hydrogen (secondary N) is 1. The van der Waals surface area contributed by atoms with Crippen LogP contribution in [0.3, 0.4) is 0 Å². The van der Waals surface area contributed by atoms with E-state index >= 15 is 0 Å². The Morgan fingerprint density at radius 2 is 1.33 bits per heavy atom. The van der Waals surface area contributed by atoms with Crippen molar-refractivity contribution in [3.8, 4) is 0 Å². The Kier molecular flexibility index (Phi) is 1.26. The molecular weight excluding hydrogens is 146 g/mol. The van der Waals surface area contributed by atoms with Crippen molar-refractivity contribution < 1.29 is 0 Å². The Hall–Kier alpha value is -0.330. The van der Waals surface area contributed by atoms with Gasteiger partial charge in [-0.3, -0.25) is 0 Å². The van der Waals surface area contributed by atoms with Gasteiger partial charge in [0.1, 0.15) is 0 Å². The lowest BCUT2D eigenvalue weighted by Crippen LogP contribution is -2.46. The van der Waals surface area contributed by atoms with Crippen molar-refractivity contribution in [2.45, 2.75) is 38.5 Å². The second-order valence-electron chi connectivity index (χ2n) is 5.42. The predicted molar refractivity (Wildman–Crippen MR) is 49.4 cm³/mol. The van der Waals surface area contributed by atoms with Crippen molar-refractivity contribution >= 4 is 6.21 Å². The van der Waals surface area contributed by atoms with Crippen LogP contribution < -0.4 is 0 Å². The third kappa shape index (κ3) is 0.826. The SMILES string of the molecule is N=CC12CC3CC(CC(C3)C1)C2. The molecule has 0 aliphatic heterocycles. The van der Waals surface area contributed by atoms with Gasteiger partial charge in [-0.15, -0.1) is 0 Å². The van der Waals surface area contributed by atoms with E-state index in [0.717, 1.165) is 17.8 Å². The minimum atomic E-state index is 0.384. The van der Waals surface area contributed by atoms with E-state index in [1.165, 1.54) is 38.5 Å². The van der Waals surface area contributed by atoms with Crippen LogP contribution in [0, 0.1) is 28.6 Å². The van der Waals surface area contributed by atoms with Gasteiger partial charge in [0.05, 0.1) is 0 Å². The van der Waals surface area contributed by atoms with Crippen LogP contribution in [-0.4, -0.2) is 6.21 Å². The Morgan fingerprint density at radius 3 is 1.67 bits per heavy atom. The molecule has 4 saturated carbocycles. The van der Waals surface area contributed by atoms with Crippen LogP contribution in [-0.2, 0) is 0 Å². The molecule has 0 atom stereocenters. The van der Waals surface area contributed by atoms with Crippen LogP contribution in [0.2, 0.25) is 0 Å². The largest absolute Gasteiger partial charge is 0.313 e. The molecule has 0 heterocycles. The Morgan fingerprint density at radius 1 is 0.917 bits per heavy atom. The minimum Gasteiger partial charge on any atom is -0.313 e. The molecule has 66 valence electrons. The van der Waals surface area contributed by atoms with E-state index in [9.17, 15) is 0 Å². The van der Waals surface area contributed by atoms with Gasteiger partial charge >= 0.3 is 0 Å². The summed E-state index contributed by atoms with van der Waals surface area (Å²) in [6.07, 6.45) is 10.3. The molecule has 0 aromatic heterocycles. The summed E-state index contributed by atoms with van der Waals surface area (Å²) in [5, 5.41) is 7.55. The van der Waals surface area contributed by atoms with Gasteiger partial charge in [0.2, 0.25) is 0 Å². The first-order valence-electron chi connectivity index (χ1n) is 5.31. The Bertz CT molecular complexity index is 184. The van der Waals surface area contributed by atoms with Gasteiger partial charge < -0.3 is 5.41 Å². The summed E-state index contributed by atoms with van der Waals surface area (Å²) in [5.41, 5.74) is 0.384. The highest BCUT2D eigenvalue weighted by molar-refractivity contribution is 5.63. The summed E-state index contributed by atoms with van der Waals surface area (Å²) in [4.78, 5) is 0. The second-order valence-corrected chi connectivity index (χ2v) is 5.42. The second kappa shape index (κ2) is 2.12. The van der Waals surface area contributed by atoms with Gasteiger partial charge in [-0.2, -0.15) is 0 Å². The van der Waals surface area contributed by atoms with E-state index in [2.05, 4.69) is 0 Å². The molecule has 1 heteroatoms. The van der Waals surface area contributed by atoms with Crippen LogP contribution in [0.15, 0.2) is 0 Å². The fourth-order valence-electron chi connectivity index (χ4n) is 4.35. The van der Waals surface area contributed by atoms with Crippen LogP contribution >= 0.6 is 0 Å². The summed E-state index contributed by atoms with van der Waals surface area (Å²) >= 11 is 0. The highest BCUT2D eigenvalue weighted by Gasteiger charge is 2.49. The first kappa shape index (κ1) is 7.11. The molecular formula is C11H17N. The topological polar surface area (TPSA) is 23.9 Å². The molecule has 0 spiro atoms. The third-order valence-corrected chi connectivity index (χ3v) is 4.39. The maximum Gasteiger partial charge on any atom is 0.00575 e. The molecule has 4 aliphatic rings. The molecule has 0 radical (unpaired) electrons. The van der Waals surface area contributed by atoms with Crippen molar-refractivity contribution in [3.05, 3.63) is 0 Å². The van der Waals surface area contributed by atoms with Gasteiger partial charge in [0.15, 0.2) is 0 Å². The van der Waals surface area contributed by atoms with Crippen molar-refractivity contribution in [2.24, 2.45) is 23.2 Å². The highest BCUT2D eigenvalue weighted by Crippen LogP contribution is 2.59. The van der Waals surface area contributed by atoms with Gasteiger partial charge in [0.25, 0.3) is 0 Å². The first-order chi connectivity index (χ1) is 5.80. The molecule has 0 amide bonds. The lowest BCUT2D eigenvalue weighted by atomic mass is 9.50. The molecule has 0 saturated heterocycles. The minimum absolute atomic E-state index is 0.384. The van der Waals surface area contributed by atoms with Crippen LogP contribution in [0.25, 0.3) is 0 Å². The molecule has 4 aliphatic carbocycles. The van der Waals surface area contributed by atoms with Crippen LogP contribution in [0.4, 0.5) is 0 Å². The highest BCUT2D eigenvalue weighted by atomic mass is 14.6. The molecule has 1 N–H and O–H groups in total. The number of rotatable bonds is 1. The lowest BCUT2D eigenvalue weighted by molar-refractivity contribution is -0.00993. The smallest absolute Gasteiger partial charge is 0.00575 e. The van der Waals surface area contributed by atoms with Gasteiger partial charge in [0, 0.05) is 11.6 Å². The average Bonchev–Trinajstić information content (AvgIpc) is 2.02. The lowest BCUT2D eigenvalue weighted by Gasteiger charge is -2.55. The molecule has 0 aromatic carbocycles. The van der Waals surface area contributed by atoms with Crippen molar-refractivity contribution in [2.75, 3.05) is 0 Å². The fraction of sp³-hybridized carbons (Fsp3) is 0.909.